The SMILES string of the molecule is O=C(Cc1ccccc1)Nc1nc(CN2CCC(c3c[nH]c4ccccc34)CC2)cs1. The molecular formula is C25H26N4OS. The second-order valence-corrected chi connectivity index (χ2v) is 9.05. The van der Waals surface area contributed by atoms with E-state index >= 15 is 0 Å². The van der Waals surface area contributed by atoms with E-state index in [2.05, 4.69) is 56.0 Å². The van der Waals surface area contributed by atoms with E-state index in [1.807, 2.05) is 30.3 Å². The summed E-state index contributed by atoms with van der Waals surface area (Å²) in [6.45, 7) is 2.97. The number of hydrogen-bond donors (Lipinski definition) is 2. The first-order valence-corrected chi connectivity index (χ1v) is 11.7. The maximum Gasteiger partial charge on any atom is 0.230 e. The maximum absolute atomic E-state index is 12.3. The zero-order valence-electron chi connectivity index (χ0n) is 17.4. The molecule has 0 bridgehead atoms. The average molecular weight is 431 g/mol. The lowest BCUT2D eigenvalue weighted by atomic mass is 9.89. The number of carbonyl (C=O) groups excluding carboxylic acids is 1. The molecule has 1 amide bonds. The number of carbonyl (C=O) groups is 1. The normalized spacial score (nSPS) is 15.4. The first kappa shape index (κ1) is 20.0. The van der Waals surface area contributed by atoms with E-state index in [4.69, 9.17) is 0 Å². The van der Waals surface area contributed by atoms with Gasteiger partial charge in [-0.05, 0) is 49.0 Å². The van der Waals surface area contributed by atoms with Gasteiger partial charge < -0.3 is 10.3 Å². The van der Waals surface area contributed by atoms with E-state index in [0.717, 1.165) is 43.7 Å². The van der Waals surface area contributed by atoms with Crippen LogP contribution in [0.3, 0.4) is 0 Å². The van der Waals surface area contributed by atoms with Crippen LogP contribution < -0.4 is 5.32 Å². The van der Waals surface area contributed by atoms with Crippen LogP contribution in [0, 0.1) is 0 Å². The van der Waals surface area contributed by atoms with Crippen molar-refractivity contribution < 1.29 is 4.79 Å². The number of fused-ring (bicyclic) bond motifs is 1. The standard InChI is InChI=1S/C25H26N4OS/c30-24(14-18-6-2-1-3-7-18)28-25-27-20(17-31-25)16-29-12-10-19(11-13-29)22-15-26-23-9-5-4-8-21(22)23/h1-9,15,17,19,26H,10-14,16H2,(H,27,28,30). The minimum Gasteiger partial charge on any atom is -0.361 e. The number of rotatable bonds is 6. The van der Waals surface area contributed by atoms with Crippen LogP contribution in [0.25, 0.3) is 10.9 Å². The number of H-pyrrole nitrogens is 1. The minimum atomic E-state index is -0.0216. The number of aromatic amines is 1. The molecule has 1 aliphatic rings. The topological polar surface area (TPSA) is 61.0 Å². The van der Waals surface area contributed by atoms with E-state index in [9.17, 15) is 4.79 Å². The molecule has 31 heavy (non-hydrogen) atoms. The van der Waals surface area contributed by atoms with Crippen LogP contribution >= 0.6 is 11.3 Å². The van der Waals surface area contributed by atoms with Crippen molar-refractivity contribution in [3.8, 4) is 0 Å². The van der Waals surface area contributed by atoms with Gasteiger partial charge in [-0.1, -0.05) is 48.5 Å². The predicted molar refractivity (Wildman–Crippen MR) is 126 cm³/mol. The molecule has 158 valence electrons. The van der Waals surface area contributed by atoms with E-state index in [0.29, 0.717) is 17.5 Å². The summed E-state index contributed by atoms with van der Waals surface area (Å²) >= 11 is 1.50. The summed E-state index contributed by atoms with van der Waals surface area (Å²) < 4.78 is 0. The molecule has 1 aliphatic heterocycles. The Morgan fingerprint density at radius 1 is 1.10 bits per heavy atom. The number of anilines is 1. The van der Waals surface area contributed by atoms with Gasteiger partial charge in [-0.25, -0.2) is 4.98 Å². The Bertz CT molecular complexity index is 1160. The van der Waals surface area contributed by atoms with Crippen molar-refractivity contribution >= 4 is 33.3 Å². The van der Waals surface area contributed by atoms with E-state index in [-0.39, 0.29) is 5.91 Å². The molecule has 2 N–H and O–H groups in total. The van der Waals surface area contributed by atoms with Crippen LogP contribution in [0.1, 0.15) is 35.6 Å². The highest BCUT2D eigenvalue weighted by molar-refractivity contribution is 7.13. The highest BCUT2D eigenvalue weighted by atomic mass is 32.1. The number of likely N-dealkylation sites (tertiary alicyclic amines) is 1. The smallest absolute Gasteiger partial charge is 0.230 e. The number of thiazole rings is 1. The Morgan fingerprint density at radius 2 is 1.87 bits per heavy atom. The van der Waals surface area contributed by atoms with Crippen LogP contribution in [0.5, 0.6) is 0 Å². The van der Waals surface area contributed by atoms with Crippen molar-refractivity contribution in [3.63, 3.8) is 0 Å². The molecule has 6 heteroatoms. The molecule has 0 spiro atoms. The van der Waals surface area contributed by atoms with Gasteiger partial charge in [0.1, 0.15) is 0 Å². The number of benzene rings is 2. The fraction of sp³-hybridized carbons (Fsp3) is 0.280. The maximum atomic E-state index is 12.3. The van der Waals surface area contributed by atoms with E-state index in [1.165, 1.54) is 27.8 Å². The summed E-state index contributed by atoms with van der Waals surface area (Å²) in [5, 5.41) is 7.04. The summed E-state index contributed by atoms with van der Waals surface area (Å²) in [6.07, 6.45) is 4.88. The molecule has 0 unspecified atom stereocenters. The van der Waals surface area contributed by atoms with Crippen molar-refractivity contribution in [1.29, 1.82) is 0 Å². The Hall–Kier alpha value is -2.96. The Balaban J connectivity index is 1.13. The van der Waals surface area contributed by atoms with Gasteiger partial charge in [0.25, 0.3) is 0 Å². The number of nitrogens with one attached hydrogen (secondary N) is 2. The van der Waals surface area contributed by atoms with Gasteiger partial charge in [-0.3, -0.25) is 9.69 Å². The second kappa shape index (κ2) is 9.04. The number of hydrogen-bond acceptors (Lipinski definition) is 4. The monoisotopic (exact) mass is 430 g/mol. The number of para-hydroxylation sites is 1. The van der Waals surface area contributed by atoms with Crippen LogP contribution in [-0.4, -0.2) is 33.9 Å². The van der Waals surface area contributed by atoms with Gasteiger partial charge in [0.15, 0.2) is 5.13 Å². The van der Waals surface area contributed by atoms with Crippen LogP contribution in [0.2, 0.25) is 0 Å². The summed E-state index contributed by atoms with van der Waals surface area (Å²) in [6, 6.07) is 18.3. The first-order chi connectivity index (χ1) is 15.2. The van der Waals surface area contributed by atoms with Crippen molar-refractivity contribution in [2.24, 2.45) is 0 Å². The van der Waals surface area contributed by atoms with Crippen LogP contribution in [-0.2, 0) is 17.8 Å². The van der Waals surface area contributed by atoms with E-state index < -0.39 is 0 Å². The van der Waals surface area contributed by atoms with E-state index in [1.54, 1.807) is 0 Å². The lowest BCUT2D eigenvalue weighted by molar-refractivity contribution is -0.115. The summed E-state index contributed by atoms with van der Waals surface area (Å²) in [4.78, 5) is 22.8. The molecule has 1 fully saturated rings. The third-order valence-corrected chi connectivity index (χ3v) is 6.85. The predicted octanol–water partition coefficient (Wildman–Crippen LogP) is 5.19. The molecule has 3 heterocycles. The Labute approximate surface area is 186 Å². The Morgan fingerprint density at radius 3 is 2.71 bits per heavy atom. The van der Waals surface area contributed by atoms with Gasteiger partial charge in [0.05, 0.1) is 12.1 Å². The third kappa shape index (κ3) is 4.70. The molecule has 5 nitrogen and oxygen atoms in total. The zero-order chi connectivity index (χ0) is 21.0. The molecule has 4 aromatic rings. The summed E-state index contributed by atoms with van der Waals surface area (Å²) in [7, 11) is 0. The lowest BCUT2D eigenvalue weighted by Crippen LogP contribution is -2.32. The molecule has 2 aromatic carbocycles. The fourth-order valence-corrected chi connectivity index (χ4v) is 5.16. The van der Waals surface area contributed by atoms with Gasteiger partial charge in [-0.15, -0.1) is 11.3 Å². The second-order valence-electron chi connectivity index (χ2n) is 8.19. The van der Waals surface area contributed by atoms with Gasteiger partial charge >= 0.3 is 0 Å². The van der Waals surface area contributed by atoms with Crippen molar-refractivity contribution in [2.45, 2.75) is 31.7 Å². The van der Waals surface area contributed by atoms with Crippen LogP contribution in [0.15, 0.2) is 66.2 Å². The molecule has 1 saturated heterocycles. The van der Waals surface area contributed by atoms with Gasteiger partial charge in [-0.2, -0.15) is 0 Å². The van der Waals surface area contributed by atoms with Crippen molar-refractivity contribution in [1.82, 2.24) is 14.9 Å². The molecule has 0 atom stereocenters. The fourth-order valence-electron chi connectivity index (χ4n) is 4.44. The highest BCUT2D eigenvalue weighted by Crippen LogP contribution is 2.33. The minimum absolute atomic E-state index is 0.0216. The zero-order valence-corrected chi connectivity index (χ0v) is 18.2. The number of aromatic nitrogens is 2. The summed E-state index contributed by atoms with van der Waals surface area (Å²) in [5.41, 5.74) is 4.72. The first-order valence-electron chi connectivity index (χ1n) is 10.8. The average Bonchev–Trinajstić information content (AvgIpc) is 3.42. The van der Waals surface area contributed by atoms with Gasteiger partial charge in [0.2, 0.25) is 5.91 Å². The van der Waals surface area contributed by atoms with Gasteiger partial charge in [0, 0.05) is 29.0 Å². The lowest BCUT2D eigenvalue weighted by Gasteiger charge is -2.31. The third-order valence-electron chi connectivity index (χ3n) is 6.04. The largest absolute Gasteiger partial charge is 0.361 e. The molecule has 2 aromatic heterocycles. The molecule has 0 aliphatic carbocycles. The molecular weight excluding hydrogens is 404 g/mol. The Kier molecular flexibility index (Phi) is 5.82. The molecule has 0 saturated carbocycles. The number of piperidine rings is 1. The van der Waals surface area contributed by atoms with Crippen molar-refractivity contribution in [3.05, 3.63) is 83.0 Å². The quantitative estimate of drug-likeness (QED) is 0.443. The number of amides is 1. The van der Waals surface area contributed by atoms with Crippen LogP contribution in [0.4, 0.5) is 5.13 Å². The molecule has 5 rings (SSSR count). The molecule has 0 radical (unpaired) electrons. The number of nitrogens with zero attached hydrogens (tertiary/aromatic N) is 2. The van der Waals surface area contributed by atoms with Crippen molar-refractivity contribution in [2.75, 3.05) is 18.4 Å². The highest BCUT2D eigenvalue weighted by Gasteiger charge is 2.23. The summed E-state index contributed by atoms with van der Waals surface area (Å²) in [5.74, 6) is 0.585.